The van der Waals surface area contributed by atoms with Crippen molar-refractivity contribution in [2.75, 3.05) is 0 Å². The number of urea groups is 1. The van der Waals surface area contributed by atoms with Crippen LogP contribution < -0.4 is 10.5 Å². The van der Waals surface area contributed by atoms with Crippen molar-refractivity contribution in [2.45, 2.75) is 4.90 Å². The number of carbonyl (C=O) groups is 1. The monoisotopic (exact) mass is 234 g/mol. The average molecular weight is 235 g/mol. The number of halogens is 1. The molecule has 0 unspecified atom stereocenters. The number of carbonyl (C=O) groups excluding carboxylic acids is 1. The molecule has 1 aromatic carbocycles. The van der Waals surface area contributed by atoms with Crippen molar-refractivity contribution >= 4 is 27.7 Å². The number of amides is 2. The van der Waals surface area contributed by atoms with Crippen LogP contribution in [0.5, 0.6) is 0 Å². The molecule has 0 saturated carbocycles. The smallest absolute Gasteiger partial charge is 0.326 e. The summed E-state index contributed by atoms with van der Waals surface area (Å²) in [7, 11) is -3.86. The summed E-state index contributed by atoms with van der Waals surface area (Å²) in [6.45, 7) is 0. The molecule has 0 bridgehead atoms. The van der Waals surface area contributed by atoms with Gasteiger partial charge in [0.25, 0.3) is 10.0 Å². The van der Waals surface area contributed by atoms with E-state index in [9.17, 15) is 13.2 Å². The molecule has 0 aliphatic heterocycles. The summed E-state index contributed by atoms with van der Waals surface area (Å²) in [5, 5.41) is 0.406. The van der Waals surface area contributed by atoms with Crippen molar-refractivity contribution in [3.8, 4) is 0 Å². The minimum atomic E-state index is -3.86. The molecule has 0 spiro atoms. The number of rotatable bonds is 2. The van der Waals surface area contributed by atoms with Crippen LogP contribution in [0.4, 0.5) is 4.79 Å². The first kappa shape index (κ1) is 10.8. The normalized spacial score (nSPS) is 10.9. The van der Waals surface area contributed by atoms with Crippen LogP contribution in [0, 0.1) is 0 Å². The number of nitrogens with one attached hydrogen (secondary N) is 1. The highest BCUT2D eigenvalue weighted by Gasteiger charge is 2.14. The fourth-order valence-electron chi connectivity index (χ4n) is 0.805. The van der Waals surface area contributed by atoms with Gasteiger partial charge in [0.05, 0.1) is 4.90 Å². The summed E-state index contributed by atoms with van der Waals surface area (Å²) in [4.78, 5) is 10.3. The zero-order valence-corrected chi connectivity index (χ0v) is 8.47. The highest BCUT2D eigenvalue weighted by Crippen LogP contribution is 2.13. The lowest BCUT2D eigenvalue weighted by atomic mass is 10.4. The minimum Gasteiger partial charge on any atom is -0.351 e. The third kappa shape index (κ3) is 2.61. The number of hydrogen-bond acceptors (Lipinski definition) is 3. The lowest BCUT2D eigenvalue weighted by molar-refractivity contribution is 0.253. The van der Waals surface area contributed by atoms with Crippen LogP contribution in [0.25, 0.3) is 0 Å². The van der Waals surface area contributed by atoms with Crippen LogP contribution in [0.2, 0.25) is 5.02 Å². The van der Waals surface area contributed by atoms with Gasteiger partial charge in [-0.1, -0.05) is 11.6 Å². The first-order chi connectivity index (χ1) is 6.42. The molecular weight excluding hydrogens is 228 g/mol. The predicted octanol–water partition coefficient (Wildman–Crippen LogP) is 0.697. The van der Waals surface area contributed by atoms with Crippen molar-refractivity contribution in [1.82, 2.24) is 4.72 Å². The van der Waals surface area contributed by atoms with E-state index < -0.39 is 16.1 Å². The van der Waals surface area contributed by atoms with E-state index in [-0.39, 0.29) is 4.90 Å². The molecule has 1 aromatic rings. The first-order valence-electron chi connectivity index (χ1n) is 3.49. The number of benzene rings is 1. The Morgan fingerprint density at radius 1 is 1.29 bits per heavy atom. The predicted molar refractivity (Wildman–Crippen MR) is 51.4 cm³/mol. The largest absolute Gasteiger partial charge is 0.351 e. The van der Waals surface area contributed by atoms with Crippen molar-refractivity contribution in [2.24, 2.45) is 5.73 Å². The number of nitrogens with two attached hydrogens (primary N) is 1. The van der Waals surface area contributed by atoms with Crippen molar-refractivity contribution in [3.05, 3.63) is 29.3 Å². The van der Waals surface area contributed by atoms with Gasteiger partial charge in [-0.05, 0) is 24.3 Å². The Hall–Kier alpha value is -1.27. The van der Waals surface area contributed by atoms with Gasteiger partial charge < -0.3 is 5.73 Å². The van der Waals surface area contributed by atoms with Gasteiger partial charge in [-0.15, -0.1) is 0 Å². The molecular formula is C7H7ClN2O3S. The molecule has 0 aromatic heterocycles. The molecule has 0 atom stereocenters. The minimum absolute atomic E-state index is 0.0688. The van der Waals surface area contributed by atoms with Crippen LogP contribution in [0.1, 0.15) is 0 Å². The number of sulfonamides is 1. The van der Waals surface area contributed by atoms with Crippen LogP contribution in [0.15, 0.2) is 29.2 Å². The molecule has 0 aliphatic carbocycles. The second-order valence-corrected chi connectivity index (χ2v) is 4.54. The van der Waals surface area contributed by atoms with E-state index in [0.29, 0.717) is 5.02 Å². The zero-order valence-electron chi connectivity index (χ0n) is 6.90. The summed E-state index contributed by atoms with van der Waals surface area (Å²) in [6, 6.07) is 4.22. The van der Waals surface area contributed by atoms with Gasteiger partial charge in [-0.3, -0.25) is 0 Å². The van der Waals surface area contributed by atoms with Crippen molar-refractivity contribution in [3.63, 3.8) is 0 Å². The molecule has 0 aliphatic rings. The molecule has 7 heteroatoms. The number of hydrogen-bond donors (Lipinski definition) is 2. The Morgan fingerprint density at radius 2 is 1.79 bits per heavy atom. The maximum absolute atomic E-state index is 11.3. The number of primary amides is 1. The van der Waals surface area contributed by atoms with E-state index >= 15 is 0 Å². The van der Waals surface area contributed by atoms with Gasteiger partial charge >= 0.3 is 6.03 Å². The van der Waals surface area contributed by atoms with Gasteiger partial charge in [0.2, 0.25) is 0 Å². The fraction of sp³-hybridized carbons (Fsp3) is 0. The lowest BCUT2D eigenvalue weighted by Crippen LogP contribution is -2.34. The molecule has 1 rings (SSSR count). The fourth-order valence-corrected chi connectivity index (χ4v) is 1.81. The van der Waals surface area contributed by atoms with Crippen LogP contribution in [0.3, 0.4) is 0 Å². The van der Waals surface area contributed by atoms with E-state index in [1.165, 1.54) is 24.3 Å². The van der Waals surface area contributed by atoms with E-state index in [2.05, 4.69) is 0 Å². The Morgan fingerprint density at radius 3 is 2.21 bits per heavy atom. The second-order valence-electron chi connectivity index (χ2n) is 2.42. The Labute approximate surface area is 85.9 Å². The summed E-state index contributed by atoms with van der Waals surface area (Å²) < 4.78 is 24.2. The van der Waals surface area contributed by atoms with Gasteiger partial charge in [-0.2, -0.15) is 0 Å². The molecule has 0 saturated heterocycles. The molecule has 14 heavy (non-hydrogen) atoms. The first-order valence-corrected chi connectivity index (χ1v) is 5.36. The Kier molecular flexibility index (Phi) is 2.97. The molecule has 0 radical (unpaired) electrons. The third-order valence-electron chi connectivity index (χ3n) is 1.36. The quantitative estimate of drug-likeness (QED) is 0.789. The van der Waals surface area contributed by atoms with Gasteiger partial charge in [0.15, 0.2) is 0 Å². The third-order valence-corrected chi connectivity index (χ3v) is 2.97. The molecule has 76 valence electrons. The SMILES string of the molecule is NC(=O)NS(=O)(=O)c1ccc(Cl)cc1. The van der Waals surface area contributed by atoms with E-state index in [4.69, 9.17) is 17.3 Å². The summed E-state index contributed by atoms with van der Waals surface area (Å²) >= 11 is 5.56. The maximum Gasteiger partial charge on any atom is 0.326 e. The molecule has 0 fully saturated rings. The topological polar surface area (TPSA) is 89.3 Å². The van der Waals surface area contributed by atoms with Gasteiger partial charge in [-0.25, -0.2) is 17.9 Å². The second kappa shape index (κ2) is 3.85. The highest BCUT2D eigenvalue weighted by atomic mass is 35.5. The maximum atomic E-state index is 11.3. The van der Waals surface area contributed by atoms with Gasteiger partial charge in [0, 0.05) is 5.02 Å². The molecule has 0 heterocycles. The highest BCUT2D eigenvalue weighted by molar-refractivity contribution is 7.90. The Bertz CT molecular complexity index is 441. The van der Waals surface area contributed by atoms with Crippen LogP contribution >= 0.6 is 11.6 Å². The van der Waals surface area contributed by atoms with E-state index in [0.717, 1.165) is 0 Å². The zero-order chi connectivity index (χ0) is 10.8. The van der Waals surface area contributed by atoms with Crippen molar-refractivity contribution in [1.29, 1.82) is 0 Å². The van der Waals surface area contributed by atoms with Gasteiger partial charge in [0.1, 0.15) is 0 Å². The average Bonchev–Trinajstić information content (AvgIpc) is 2.02. The van der Waals surface area contributed by atoms with E-state index in [1.807, 2.05) is 0 Å². The van der Waals surface area contributed by atoms with Crippen LogP contribution in [-0.2, 0) is 10.0 Å². The van der Waals surface area contributed by atoms with E-state index in [1.54, 1.807) is 4.72 Å². The molecule has 2 amide bonds. The van der Waals surface area contributed by atoms with Crippen LogP contribution in [-0.4, -0.2) is 14.4 Å². The van der Waals surface area contributed by atoms with Crippen molar-refractivity contribution < 1.29 is 13.2 Å². The summed E-state index contributed by atoms with van der Waals surface area (Å²) in [5.74, 6) is 0. The standard InChI is InChI=1S/C7H7ClN2O3S/c8-5-1-3-6(4-2-5)14(12,13)10-7(9)11/h1-4H,(H3,9,10,11). The molecule has 3 N–H and O–H groups in total. The lowest BCUT2D eigenvalue weighted by Gasteiger charge is -2.03. The Balaban J connectivity index is 3.05. The summed E-state index contributed by atoms with van der Waals surface area (Å²) in [5.41, 5.74) is 4.69. The molecule has 5 nitrogen and oxygen atoms in total. The summed E-state index contributed by atoms with van der Waals surface area (Å²) in [6.07, 6.45) is 0.